The monoisotopic (exact) mass is 269 g/mol. The van der Waals surface area contributed by atoms with Crippen molar-refractivity contribution in [3.8, 4) is 0 Å². The van der Waals surface area contributed by atoms with E-state index >= 15 is 0 Å². The molecular weight excluding hydrogens is 242 g/mol. The summed E-state index contributed by atoms with van der Waals surface area (Å²) in [4.78, 5) is 25.4. The van der Waals surface area contributed by atoms with Crippen molar-refractivity contribution in [2.24, 2.45) is 11.7 Å². The van der Waals surface area contributed by atoms with E-state index in [1.54, 1.807) is 4.90 Å². The summed E-state index contributed by atoms with van der Waals surface area (Å²) in [7, 11) is 0. The molecule has 0 aromatic heterocycles. The number of amides is 2. The molecule has 1 unspecified atom stereocenters. The van der Waals surface area contributed by atoms with Crippen molar-refractivity contribution in [1.82, 2.24) is 10.2 Å². The van der Waals surface area contributed by atoms with Crippen molar-refractivity contribution in [3.63, 3.8) is 0 Å². The smallest absolute Gasteiger partial charge is 0.239 e. The van der Waals surface area contributed by atoms with Crippen LogP contribution in [-0.2, 0) is 9.59 Å². The highest BCUT2D eigenvalue weighted by Crippen LogP contribution is 2.11. The van der Waals surface area contributed by atoms with Crippen molar-refractivity contribution in [1.29, 1.82) is 0 Å². The van der Waals surface area contributed by atoms with Crippen LogP contribution in [0.25, 0.3) is 0 Å². The highest BCUT2D eigenvalue weighted by molar-refractivity contribution is 5.85. The number of carbonyl (C=O) groups is 2. The Morgan fingerprint density at radius 1 is 1.37 bits per heavy atom. The van der Waals surface area contributed by atoms with Gasteiger partial charge >= 0.3 is 0 Å². The van der Waals surface area contributed by atoms with Crippen LogP contribution in [0, 0.1) is 5.92 Å². The molecule has 0 radical (unpaired) electrons. The molecule has 1 heterocycles. The zero-order chi connectivity index (χ0) is 14.3. The highest BCUT2D eigenvalue weighted by atomic mass is 16.2. The van der Waals surface area contributed by atoms with Gasteiger partial charge in [0.2, 0.25) is 11.8 Å². The predicted molar refractivity (Wildman–Crippen MR) is 75.5 cm³/mol. The minimum Gasteiger partial charge on any atom is -0.351 e. The zero-order valence-corrected chi connectivity index (χ0v) is 12.2. The minimum atomic E-state index is -0.0913. The third-order valence-electron chi connectivity index (χ3n) is 3.41. The summed E-state index contributed by atoms with van der Waals surface area (Å²) in [6.45, 7) is 5.52. The Bertz CT molecular complexity index is 305. The van der Waals surface area contributed by atoms with Gasteiger partial charge in [0.1, 0.15) is 0 Å². The number of carbonyl (C=O) groups excluding carboxylic acids is 2. The van der Waals surface area contributed by atoms with Crippen LogP contribution in [0.4, 0.5) is 0 Å². The number of rotatable bonds is 6. The maximum atomic E-state index is 12.0. The van der Waals surface area contributed by atoms with E-state index in [4.69, 9.17) is 5.73 Å². The second-order valence-electron chi connectivity index (χ2n) is 5.76. The maximum absolute atomic E-state index is 12.0. The molecule has 0 saturated carbocycles. The molecule has 1 saturated heterocycles. The van der Waals surface area contributed by atoms with Crippen LogP contribution in [0.5, 0.6) is 0 Å². The van der Waals surface area contributed by atoms with Gasteiger partial charge < -0.3 is 16.0 Å². The quantitative estimate of drug-likeness (QED) is 0.751. The van der Waals surface area contributed by atoms with E-state index in [0.717, 1.165) is 25.7 Å². The lowest BCUT2D eigenvalue weighted by molar-refractivity contribution is -0.135. The molecule has 19 heavy (non-hydrogen) atoms. The van der Waals surface area contributed by atoms with E-state index in [-0.39, 0.29) is 24.4 Å². The lowest BCUT2D eigenvalue weighted by atomic mass is 10.0. The van der Waals surface area contributed by atoms with Gasteiger partial charge in [-0.25, -0.2) is 0 Å². The van der Waals surface area contributed by atoms with E-state index in [1.165, 1.54) is 0 Å². The third-order valence-corrected chi connectivity index (χ3v) is 3.41. The number of likely N-dealkylation sites (tertiary alicyclic amines) is 1. The molecule has 1 aliphatic rings. The number of nitrogens with zero attached hydrogens (tertiary/aromatic N) is 1. The lowest BCUT2D eigenvalue weighted by Crippen LogP contribution is -2.46. The Morgan fingerprint density at radius 2 is 2.11 bits per heavy atom. The first-order valence-electron chi connectivity index (χ1n) is 7.30. The fourth-order valence-corrected chi connectivity index (χ4v) is 2.44. The molecule has 2 amide bonds. The van der Waals surface area contributed by atoms with Crippen molar-refractivity contribution < 1.29 is 9.59 Å². The highest BCUT2D eigenvalue weighted by Gasteiger charge is 2.20. The molecule has 110 valence electrons. The van der Waals surface area contributed by atoms with Gasteiger partial charge in [-0.1, -0.05) is 20.3 Å². The second-order valence-corrected chi connectivity index (χ2v) is 5.76. The number of nitrogens with two attached hydrogens (primary N) is 1. The van der Waals surface area contributed by atoms with Crippen LogP contribution in [0.15, 0.2) is 0 Å². The molecule has 0 aliphatic carbocycles. The number of hydrogen-bond acceptors (Lipinski definition) is 3. The van der Waals surface area contributed by atoms with E-state index < -0.39 is 0 Å². The molecule has 1 rings (SSSR count). The average Bonchev–Trinajstić information content (AvgIpc) is 2.53. The third kappa shape index (κ3) is 6.05. The van der Waals surface area contributed by atoms with Crippen molar-refractivity contribution in [3.05, 3.63) is 0 Å². The molecule has 5 nitrogen and oxygen atoms in total. The summed E-state index contributed by atoms with van der Waals surface area (Å²) >= 11 is 0. The van der Waals surface area contributed by atoms with Crippen molar-refractivity contribution in [2.45, 2.75) is 52.0 Å². The van der Waals surface area contributed by atoms with Crippen LogP contribution in [-0.4, -0.2) is 42.4 Å². The largest absolute Gasteiger partial charge is 0.351 e. The standard InChI is InChI=1S/C14H27N3O2/c1-11(2)8-12(9-15)16-13(18)10-17-7-5-3-4-6-14(17)19/h11-12H,3-10,15H2,1-2H3,(H,16,18). The molecule has 0 spiro atoms. The first kappa shape index (κ1) is 16.0. The van der Waals surface area contributed by atoms with Gasteiger partial charge in [-0.2, -0.15) is 0 Å². The Hall–Kier alpha value is -1.10. The fourth-order valence-electron chi connectivity index (χ4n) is 2.44. The van der Waals surface area contributed by atoms with Gasteiger partial charge in [0, 0.05) is 25.6 Å². The Morgan fingerprint density at radius 3 is 2.74 bits per heavy atom. The molecule has 0 aromatic rings. The van der Waals surface area contributed by atoms with Gasteiger partial charge in [-0.05, 0) is 25.2 Å². The van der Waals surface area contributed by atoms with Crippen LogP contribution >= 0.6 is 0 Å². The summed E-state index contributed by atoms with van der Waals surface area (Å²) in [5.74, 6) is 0.501. The first-order valence-corrected chi connectivity index (χ1v) is 7.30. The van der Waals surface area contributed by atoms with Crippen molar-refractivity contribution >= 4 is 11.8 Å². The Balaban J connectivity index is 2.42. The molecule has 1 aliphatic heterocycles. The van der Waals surface area contributed by atoms with Gasteiger partial charge in [0.15, 0.2) is 0 Å². The molecular formula is C14H27N3O2. The van der Waals surface area contributed by atoms with Gasteiger partial charge in [-0.15, -0.1) is 0 Å². The van der Waals surface area contributed by atoms with Crippen LogP contribution in [0.3, 0.4) is 0 Å². The predicted octanol–water partition coefficient (Wildman–Crippen LogP) is 0.879. The molecule has 1 fully saturated rings. The fraction of sp³-hybridized carbons (Fsp3) is 0.857. The Kier molecular flexibility index (Phi) is 6.84. The van der Waals surface area contributed by atoms with Crippen LogP contribution in [0.1, 0.15) is 46.0 Å². The molecule has 0 aromatic carbocycles. The normalized spacial score (nSPS) is 18.3. The topological polar surface area (TPSA) is 75.4 Å². The van der Waals surface area contributed by atoms with E-state index in [2.05, 4.69) is 19.2 Å². The summed E-state index contributed by atoms with van der Waals surface area (Å²) in [6, 6.07) is 0.00887. The van der Waals surface area contributed by atoms with Gasteiger partial charge in [0.25, 0.3) is 0 Å². The molecule has 0 bridgehead atoms. The molecule has 5 heteroatoms. The maximum Gasteiger partial charge on any atom is 0.239 e. The van der Waals surface area contributed by atoms with Gasteiger partial charge in [-0.3, -0.25) is 9.59 Å². The van der Waals surface area contributed by atoms with Gasteiger partial charge in [0.05, 0.1) is 6.54 Å². The average molecular weight is 269 g/mol. The minimum absolute atomic E-state index is 0.00887. The number of hydrogen-bond donors (Lipinski definition) is 2. The van der Waals surface area contributed by atoms with E-state index in [0.29, 0.717) is 25.4 Å². The van der Waals surface area contributed by atoms with Crippen molar-refractivity contribution in [2.75, 3.05) is 19.6 Å². The van der Waals surface area contributed by atoms with Crippen LogP contribution < -0.4 is 11.1 Å². The summed E-state index contributed by atoms with van der Waals surface area (Å²) < 4.78 is 0. The molecule has 3 N–H and O–H groups in total. The van der Waals surface area contributed by atoms with Crippen LogP contribution in [0.2, 0.25) is 0 Å². The first-order chi connectivity index (χ1) is 9.02. The molecule has 1 atom stereocenters. The Labute approximate surface area is 115 Å². The number of nitrogens with one attached hydrogen (secondary N) is 1. The second kappa shape index (κ2) is 8.15. The SMILES string of the molecule is CC(C)CC(CN)NC(=O)CN1CCCCCC1=O. The van der Waals surface area contributed by atoms with E-state index in [1.807, 2.05) is 0 Å². The lowest BCUT2D eigenvalue weighted by Gasteiger charge is -2.23. The summed E-state index contributed by atoms with van der Waals surface area (Å²) in [5.41, 5.74) is 5.66. The summed E-state index contributed by atoms with van der Waals surface area (Å²) in [6.07, 6.45) is 4.44. The summed E-state index contributed by atoms with van der Waals surface area (Å²) in [5, 5.41) is 2.93. The zero-order valence-electron chi connectivity index (χ0n) is 12.2. The van der Waals surface area contributed by atoms with E-state index in [9.17, 15) is 9.59 Å².